The van der Waals surface area contributed by atoms with E-state index < -0.39 is 0 Å². The Balaban J connectivity index is 2.18. The lowest BCUT2D eigenvalue weighted by atomic mass is 9.57. The monoisotopic (exact) mass is 245 g/mol. The second-order valence-electron chi connectivity index (χ2n) is 6.14. The molecule has 1 fully saturated rings. The minimum Gasteiger partial charge on any atom is -0.508 e. The zero-order chi connectivity index (χ0) is 12.9. The molecule has 1 N–H and O–H groups in total. The van der Waals surface area contributed by atoms with Gasteiger partial charge in [-0.25, -0.2) is 0 Å². The molecular formula is C16H23NO. The predicted molar refractivity (Wildman–Crippen MR) is 74.0 cm³/mol. The molecule has 2 aliphatic rings. The van der Waals surface area contributed by atoms with Crippen molar-refractivity contribution in [3.8, 4) is 5.75 Å². The zero-order valence-corrected chi connectivity index (χ0v) is 11.6. The summed E-state index contributed by atoms with van der Waals surface area (Å²) in [5.74, 6) is 1.10. The Bertz CT molecular complexity index is 470. The number of phenolic OH excluding ortho intramolecular Hbond substituents is 1. The molecule has 18 heavy (non-hydrogen) atoms. The zero-order valence-electron chi connectivity index (χ0n) is 11.6. The van der Waals surface area contributed by atoms with Gasteiger partial charge < -0.3 is 10.0 Å². The minimum absolute atomic E-state index is 0.281. The van der Waals surface area contributed by atoms with Crippen LogP contribution < -0.4 is 0 Å². The number of likely N-dealkylation sites (N-methyl/N-ethyl adjacent to an activating group) is 1. The summed E-state index contributed by atoms with van der Waals surface area (Å²) in [4.78, 5) is 2.52. The van der Waals surface area contributed by atoms with Gasteiger partial charge in [0.05, 0.1) is 0 Å². The van der Waals surface area contributed by atoms with Crippen LogP contribution in [0.1, 0.15) is 37.8 Å². The molecule has 1 aromatic rings. The van der Waals surface area contributed by atoms with Gasteiger partial charge in [-0.2, -0.15) is 0 Å². The van der Waals surface area contributed by atoms with E-state index in [0.717, 1.165) is 6.42 Å². The highest BCUT2D eigenvalue weighted by Gasteiger charge is 2.49. The number of hydrogen-bond donors (Lipinski definition) is 1. The molecule has 0 spiro atoms. The first kappa shape index (κ1) is 12.0. The van der Waals surface area contributed by atoms with Crippen LogP contribution in [0.4, 0.5) is 0 Å². The number of fused-ring (bicyclic) bond motifs is 4. The van der Waals surface area contributed by atoms with E-state index in [-0.39, 0.29) is 5.41 Å². The van der Waals surface area contributed by atoms with Crippen molar-refractivity contribution in [1.29, 1.82) is 0 Å². The van der Waals surface area contributed by atoms with Gasteiger partial charge in [-0.05, 0) is 62.0 Å². The normalized spacial score (nSPS) is 35.3. The maximum atomic E-state index is 9.82. The Kier molecular flexibility index (Phi) is 2.67. The van der Waals surface area contributed by atoms with E-state index in [1.807, 2.05) is 12.1 Å². The number of phenols is 1. The molecule has 0 saturated carbocycles. The molecule has 2 heteroatoms. The standard InChI is InChI=1S/C16H23NO/c1-4-16-7-8-17(3)15(11(16)2)9-12-5-6-13(18)10-14(12)16/h5-6,10-11,15,18H,4,7-9H2,1-3H3/t11-,15+,16-/m0/s1. The van der Waals surface area contributed by atoms with Crippen LogP contribution in [0.15, 0.2) is 18.2 Å². The molecule has 0 unspecified atom stereocenters. The molecule has 0 amide bonds. The lowest BCUT2D eigenvalue weighted by Gasteiger charge is -2.55. The van der Waals surface area contributed by atoms with E-state index in [2.05, 4.69) is 31.9 Å². The smallest absolute Gasteiger partial charge is 0.115 e. The van der Waals surface area contributed by atoms with Crippen molar-refractivity contribution in [2.75, 3.05) is 13.6 Å². The first-order valence-corrected chi connectivity index (χ1v) is 7.11. The third-order valence-electron chi connectivity index (χ3n) is 5.62. The van der Waals surface area contributed by atoms with Gasteiger partial charge in [-0.3, -0.25) is 0 Å². The molecule has 0 radical (unpaired) electrons. The summed E-state index contributed by atoms with van der Waals surface area (Å²) in [6.07, 6.45) is 3.53. The number of likely N-dealkylation sites (tertiary alicyclic amines) is 1. The number of aromatic hydroxyl groups is 1. The summed E-state index contributed by atoms with van der Waals surface area (Å²) < 4.78 is 0. The van der Waals surface area contributed by atoms with Crippen molar-refractivity contribution in [1.82, 2.24) is 4.90 Å². The molecule has 1 aliphatic carbocycles. The van der Waals surface area contributed by atoms with Gasteiger partial charge in [-0.1, -0.05) is 19.9 Å². The Morgan fingerprint density at radius 1 is 1.44 bits per heavy atom. The third kappa shape index (κ3) is 1.45. The Hall–Kier alpha value is -1.02. The van der Waals surface area contributed by atoms with Gasteiger partial charge in [0.2, 0.25) is 0 Å². The molecule has 0 aromatic heterocycles. The first-order valence-electron chi connectivity index (χ1n) is 7.11. The number of rotatable bonds is 1. The fourth-order valence-electron chi connectivity index (χ4n) is 4.35. The minimum atomic E-state index is 0.281. The molecule has 1 heterocycles. The molecule has 2 nitrogen and oxygen atoms in total. The van der Waals surface area contributed by atoms with Crippen molar-refractivity contribution >= 4 is 0 Å². The van der Waals surface area contributed by atoms with Crippen molar-refractivity contribution < 1.29 is 5.11 Å². The van der Waals surface area contributed by atoms with Gasteiger partial charge in [0.15, 0.2) is 0 Å². The maximum absolute atomic E-state index is 9.82. The highest BCUT2D eigenvalue weighted by atomic mass is 16.3. The maximum Gasteiger partial charge on any atom is 0.115 e. The van der Waals surface area contributed by atoms with Crippen LogP contribution in [-0.2, 0) is 11.8 Å². The molecule has 3 atom stereocenters. The lowest BCUT2D eigenvalue weighted by Crippen LogP contribution is -2.57. The average molecular weight is 245 g/mol. The van der Waals surface area contributed by atoms with Gasteiger partial charge in [0, 0.05) is 11.5 Å². The van der Waals surface area contributed by atoms with E-state index in [0.29, 0.717) is 17.7 Å². The fourth-order valence-corrected chi connectivity index (χ4v) is 4.35. The summed E-state index contributed by atoms with van der Waals surface area (Å²) >= 11 is 0. The topological polar surface area (TPSA) is 23.5 Å². The summed E-state index contributed by atoms with van der Waals surface area (Å²) in [5.41, 5.74) is 3.15. The quantitative estimate of drug-likeness (QED) is 0.822. The second-order valence-corrected chi connectivity index (χ2v) is 6.14. The van der Waals surface area contributed by atoms with E-state index >= 15 is 0 Å². The summed E-state index contributed by atoms with van der Waals surface area (Å²) in [6, 6.07) is 6.66. The van der Waals surface area contributed by atoms with Gasteiger partial charge in [0.1, 0.15) is 5.75 Å². The van der Waals surface area contributed by atoms with Gasteiger partial charge >= 0.3 is 0 Å². The van der Waals surface area contributed by atoms with Gasteiger partial charge in [-0.15, -0.1) is 0 Å². The van der Waals surface area contributed by atoms with Crippen molar-refractivity contribution in [3.05, 3.63) is 29.3 Å². The Morgan fingerprint density at radius 3 is 2.94 bits per heavy atom. The lowest BCUT2D eigenvalue weighted by molar-refractivity contribution is 0.0385. The Morgan fingerprint density at radius 2 is 2.22 bits per heavy atom. The van der Waals surface area contributed by atoms with Crippen LogP contribution in [0.2, 0.25) is 0 Å². The van der Waals surface area contributed by atoms with E-state index in [9.17, 15) is 5.11 Å². The molecular weight excluding hydrogens is 222 g/mol. The molecule has 98 valence electrons. The van der Waals surface area contributed by atoms with Crippen LogP contribution in [-0.4, -0.2) is 29.6 Å². The van der Waals surface area contributed by atoms with Crippen LogP contribution in [0.5, 0.6) is 5.75 Å². The van der Waals surface area contributed by atoms with Gasteiger partial charge in [0.25, 0.3) is 0 Å². The van der Waals surface area contributed by atoms with E-state index in [1.165, 1.54) is 30.5 Å². The van der Waals surface area contributed by atoms with E-state index in [1.54, 1.807) is 0 Å². The fraction of sp³-hybridized carbons (Fsp3) is 0.625. The molecule has 3 rings (SSSR count). The largest absolute Gasteiger partial charge is 0.508 e. The number of benzene rings is 1. The molecule has 1 aliphatic heterocycles. The van der Waals surface area contributed by atoms with Crippen molar-refractivity contribution in [2.45, 2.75) is 44.6 Å². The molecule has 1 aromatic carbocycles. The number of nitrogens with zero attached hydrogens (tertiary/aromatic N) is 1. The third-order valence-corrected chi connectivity index (χ3v) is 5.62. The Labute approximate surface area is 110 Å². The van der Waals surface area contributed by atoms with Crippen molar-refractivity contribution in [2.24, 2.45) is 5.92 Å². The summed E-state index contributed by atoms with van der Waals surface area (Å²) in [6.45, 7) is 5.88. The summed E-state index contributed by atoms with van der Waals surface area (Å²) in [5, 5.41) is 9.82. The summed E-state index contributed by atoms with van der Waals surface area (Å²) in [7, 11) is 2.26. The highest BCUT2D eigenvalue weighted by molar-refractivity contribution is 5.44. The first-order chi connectivity index (χ1) is 8.58. The SMILES string of the molecule is CC[C@@]12CCN(C)[C@H](Cc3ccc(O)cc31)[C@@H]2C. The van der Waals surface area contributed by atoms with Crippen LogP contribution in [0.25, 0.3) is 0 Å². The van der Waals surface area contributed by atoms with E-state index in [4.69, 9.17) is 0 Å². The van der Waals surface area contributed by atoms with Crippen LogP contribution in [0, 0.1) is 5.92 Å². The van der Waals surface area contributed by atoms with Crippen LogP contribution >= 0.6 is 0 Å². The number of hydrogen-bond acceptors (Lipinski definition) is 2. The predicted octanol–water partition coefficient (Wildman–Crippen LogP) is 2.94. The average Bonchev–Trinajstić information content (AvgIpc) is 2.36. The highest BCUT2D eigenvalue weighted by Crippen LogP contribution is 2.50. The number of piperidine rings is 1. The second kappa shape index (κ2) is 3.99. The van der Waals surface area contributed by atoms with Crippen molar-refractivity contribution in [3.63, 3.8) is 0 Å². The molecule has 1 saturated heterocycles. The molecule has 2 bridgehead atoms. The van der Waals surface area contributed by atoms with Crippen LogP contribution in [0.3, 0.4) is 0 Å².